The van der Waals surface area contributed by atoms with Gasteiger partial charge < -0.3 is 15.2 Å². The van der Waals surface area contributed by atoms with Crippen LogP contribution in [0.2, 0.25) is 0 Å². The minimum absolute atomic E-state index is 0.0575. The second kappa shape index (κ2) is 6.98. The van der Waals surface area contributed by atoms with Gasteiger partial charge in [-0.1, -0.05) is 18.2 Å². The van der Waals surface area contributed by atoms with Gasteiger partial charge in [0.15, 0.2) is 0 Å². The zero-order chi connectivity index (χ0) is 11.8. The molecule has 0 bridgehead atoms. The number of para-hydroxylation sites is 1. The molecular formula is C12H17NO3. The topological polar surface area (TPSA) is 58.6 Å². The Labute approximate surface area is 95.2 Å². The molecule has 0 aromatic heterocycles. The molecule has 0 aliphatic rings. The highest BCUT2D eigenvalue weighted by molar-refractivity contribution is 5.91. The summed E-state index contributed by atoms with van der Waals surface area (Å²) in [5, 5.41) is 11.8. The van der Waals surface area contributed by atoms with Crippen LogP contribution >= 0.6 is 0 Å². The first-order valence-corrected chi connectivity index (χ1v) is 5.25. The van der Waals surface area contributed by atoms with E-state index >= 15 is 0 Å². The lowest BCUT2D eigenvalue weighted by Crippen LogP contribution is -2.13. The van der Waals surface area contributed by atoms with Crippen molar-refractivity contribution in [2.24, 2.45) is 0 Å². The van der Waals surface area contributed by atoms with Crippen molar-refractivity contribution in [1.29, 1.82) is 0 Å². The highest BCUT2D eigenvalue weighted by Gasteiger charge is 2.05. The summed E-state index contributed by atoms with van der Waals surface area (Å²) in [6, 6.07) is 7.21. The lowest BCUT2D eigenvalue weighted by atomic mass is 10.2. The van der Waals surface area contributed by atoms with Crippen LogP contribution in [0.3, 0.4) is 0 Å². The van der Waals surface area contributed by atoms with Crippen LogP contribution < -0.4 is 5.32 Å². The minimum atomic E-state index is -0.0749. The maximum atomic E-state index is 11.5. The molecule has 0 saturated carbocycles. The van der Waals surface area contributed by atoms with Gasteiger partial charge in [-0.2, -0.15) is 0 Å². The van der Waals surface area contributed by atoms with Crippen LogP contribution in [0, 0.1) is 0 Å². The van der Waals surface area contributed by atoms with Crippen molar-refractivity contribution >= 4 is 11.6 Å². The zero-order valence-corrected chi connectivity index (χ0v) is 9.40. The molecule has 1 aromatic carbocycles. The number of anilines is 1. The summed E-state index contributed by atoms with van der Waals surface area (Å²) in [6.07, 6.45) is 1.12. The van der Waals surface area contributed by atoms with Crippen molar-refractivity contribution < 1.29 is 14.6 Å². The fourth-order valence-corrected chi connectivity index (χ4v) is 1.37. The summed E-state index contributed by atoms with van der Waals surface area (Å²) in [6.45, 7) is 0.504. The number of rotatable bonds is 6. The van der Waals surface area contributed by atoms with Gasteiger partial charge >= 0.3 is 0 Å². The lowest BCUT2D eigenvalue weighted by Gasteiger charge is -2.08. The molecule has 1 rings (SSSR count). The SMILES string of the molecule is COCCCC(=O)Nc1ccccc1CO. The average molecular weight is 223 g/mol. The van der Waals surface area contributed by atoms with Crippen molar-refractivity contribution in [2.75, 3.05) is 19.0 Å². The van der Waals surface area contributed by atoms with Gasteiger partial charge in [-0.15, -0.1) is 0 Å². The molecule has 0 fully saturated rings. The van der Waals surface area contributed by atoms with E-state index in [4.69, 9.17) is 9.84 Å². The van der Waals surface area contributed by atoms with Crippen LogP contribution in [0.5, 0.6) is 0 Å². The molecule has 0 aliphatic heterocycles. The number of nitrogens with one attached hydrogen (secondary N) is 1. The molecule has 0 saturated heterocycles. The van der Waals surface area contributed by atoms with Gasteiger partial charge in [0, 0.05) is 31.4 Å². The van der Waals surface area contributed by atoms with Gasteiger partial charge in [0.25, 0.3) is 0 Å². The first kappa shape index (κ1) is 12.7. The number of ether oxygens (including phenoxy) is 1. The van der Waals surface area contributed by atoms with Gasteiger partial charge in [-0.25, -0.2) is 0 Å². The first-order chi connectivity index (χ1) is 7.77. The van der Waals surface area contributed by atoms with E-state index in [1.165, 1.54) is 0 Å². The third-order valence-electron chi connectivity index (χ3n) is 2.21. The van der Waals surface area contributed by atoms with Crippen molar-refractivity contribution in [3.8, 4) is 0 Å². The molecule has 1 amide bonds. The monoisotopic (exact) mass is 223 g/mol. The molecule has 4 nitrogen and oxygen atoms in total. The summed E-state index contributed by atoms with van der Waals surface area (Å²) in [7, 11) is 1.61. The fourth-order valence-electron chi connectivity index (χ4n) is 1.37. The van der Waals surface area contributed by atoms with Crippen LogP contribution in [0.1, 0.15) is 18.4 Å². The third-order valence-corrected chi connectivity index (χ3v) is 2.21. The van der Waals surface area contributed by atoms with Gasteiger partial charge in [0.2, 0.25) is 5.91 Å². The van der Waals surface area contributed by atoms with Crippen LogP contribution in [0.4, 0.5) is 5.69 Å². The second-order valence-corrected chi connectivity index (χ2v) is 3.46. The summed E-state index contributed by atoms with van der Waals surface area (Å²) in [5.41, 5.74) is 1.40. The molecule has 0 unspecified atom stereocenters. The molecule has 4 heteroatoms. The number of carbonyl (C=O) groups excluding carboxylic acids is 1. The largest absolute Gasteiger partial charge is 0.392 e. The maximum Gasteiger partial charge on any atom is 0.224 e. The number of benzene rings is 1. The molecule has 0 radical (unpaired) electrons. The number of carbonyl (C=O) groups is 1. The molecule has 0 aliphatic carbocycles. The Morgan fingerprint density at radius 1 is 1.44 bits per heavy atom. The summed E-state index contributed by atoms with van der Waals surface area (Å²) in [5.74, 6) is -0.0575. The first-order valence-electron chi connectivity index (χ1n) is 5.25. The quantitative estimate of drug-likeness (QED) is 0.719. The van der Waals surface area contributed by atoms with E-state index in [1.807, 2.05) is 12.1 Å². The van der Waals surface area contributed by atoms with E-state index in [0.717, 1.165) is 5.56 Å². The van der Waals surface area contributed by atoms with Crippen molar-refractivity contribution in [2.45, 2.75) is 19.4 Å². The molecule has 16 heavy (non-hydrogen) atoms. The Balaban J connectivity index is 2.49. The third kappa shape index (κ3) is 4.00. The molecule has 0 atom stereocenters. The Morgan fingerprint density at radius 3 is 2.88 bits per heavy atom. The summed E-state index contributed by atoms with van der Waals surface area (Å²) >= 11 is 0. The zero-order valence-electron chi connectivity index (χ0n) is 9.40. The average Bonchev–Trinajstić information content (AvgIpc) is 2.30. The van der Waals surface area contributed by atoms with Crippen molar-refractivity contribution in [3.63, 3.8) is 0 Å². The molecule has 0 spiro atoms. The van der Waals surface area contributed by atoms with Gasteiger partial charge in [-0.05, 0) is 12.5 Å². The predicted molar refractivity (Wildman–Crippen MR) is 62.1 cm³/mol. The maximum absolute atomic E-state index is 11.5. The van der Waals surface area contributed by atoms with E-state index in [9.17, 15) is 4.79 Å². The Bertz CT molecular complexity index is 339. The minimum Gasteiger partial charge on any atom is -0.392 e. The number of hydrogen-bond donors (Lipinski definition) is 2. The van der Waals surface area contributed by atoms with E-state index < -0.39 is 0 Å². The van der Waals surface area contributed by atoms with E-state index in [2.05, 4.69) is 5.32 Å². The highest BCUT2D eigenvalue weighted by atomic mass is 16.5. The second-order valence-electron chi connectivity index (χ2n) is 3.46. The Hall–Kier alpha value is -1.39. The Morgan fingerprint density at radius 2 is 2.19 bits per heavy atom. The standard InChI is InChI=1S/C12H17NO3/c1-16-8-4-7-12(15)13-11-6-3-2-5-10(11)9-14/h2-3,5-6,14H,4,7-9H2,1H3,(H,13,15). The smallest absolute Gasteiger partial charge is 0.224 e. The molecule has 88 valence electrons. The van der Waals surface area contributed by atoms with Crippen molar-refractivity contribution in [1.82, 2.24) is 0 Å². The number of methoxy groups -OCH3 is 1. The van der Waals surface area contributed by atoms with Crippen LogP contribution in [-0.4, -0.2) is 24.7 Å². The Kier molecular flexibility index (Phi) is 5.53. The van der Waals surface area contributed by atoms with Gasteiger partial charge in [0.1, 0.15) is 0 Å². The van der Waals surface area contributed by atoms with E-state index in [-0.39, 0.29) is 12.5 Å². The number of amides is 1. The van der Waals surface area contributed by atoms with E-state index in [1.54, 1.807) is 19.2 Å². The van der Waals surface area contributed by atoms with Crippen molar-refractivity contribution in [3.05, 3.63) is 29.8 Å². The number of aliphatic hydroxyl groups excluding tert-OH is 1. The summed E-state index contributed by atoms with van der Waals surface area (Å²) in [4.78, 5) is 11.5. The highest BCUT2D eigenvalue weighted by Crippen LogP contribution is 2.15. The molecular weight excluding hydrogens is 206 g/mol. The normalized spacial score (nSPS) is 10.1. The fraction of sp³-hybridized carbons (Fsp3) is 0.417. The number of hydrogen-bond acceptors (Lipinski definition) is 3. The van der Waals surface area contributed by atoms with Gasteiger partial charge in [-0.3, -0.25) is 4.79 Å². The van der Waals surface area contributed by atoms with Crippen LogP contribution in [-0.2, 0) is 16.1 Å². The van der Waals surface area contributed by atoms with Crippen LogP contribution in [0.25, 0.3) is 0 Å². The van der Waals surface area contributed by atoms with E-state index in [0.29, 0.717) is 25.1 Å². The molecule has 0 heterocycles. The number of aliphatic hydroxyl groups is 1. The molecule has 1 aromatic rings. The predicted octanol–water partition coefficient (Wildman–Crippen LogP) is 1.54. The summed E-state index contributed by atoms with van der Waals surface area (Å²) < 4.78 is 4.87. The van der Waals surface area contributed by atoms with Crippen LogP contribution in [0.15, 0.2) is 24.3 Å². The lowest BCUT2D eigenvalue weighted by molar-refractivity contribution is -0.116. The van der Waals surface area contributed by atoms with Gasteiger partial charge in [0.05, 0.1) is 6.61 Å². The molecule has 2 N–H and O–H groups in total.